The molecule has 1 aromatic carbocycles. The second-order valence-electron chi connectivity index (χ2n) is 4.39. The van der Waals surface area contributed by atoms with Crippen LogP contribution in [0.4, 0.5) is 0 Å². The Labute approximate surface area is 140 Å². The monoisotopic (exact) mass is 314 g/mol. The van der Waals surface area contributed by atoms with Crippen molar-refractivity contribution in [3.05, 3.63) is 60.6 Å². The van der Waals surface area contributed by atoms with Crippen molar-refractivity contribution in [3.8, 4) is 11.3 Å². The van der Waals surface area contributed by atoms with E-state index in [2.05, 4.69) is 34.0 Å². The summed E-state index contributed by atoms with van der Waals surface area (Å²) in [6, 6.07) is 10.2. The largest absolute Gasteiger partial charge is 0.349 e. The molecule has 0 saturated heterocycles. The summed E-state index contributed by atoms with van der Waals surface area (Å²) in [5.41, 5.74) is 4.56. The zero-order valence-electron chi connectivity index (χ0n) is 15.5. The highest BCUT2D eigenvalue weighted by molar-refractivity contribution is 5.61. The number of aryl methyl sites for hydroxylation is 2. The van der Waals surface area contributed by atoms with Crippen LogP contribution < -0.4 is 0 Å². The third kappa shape index (κ3) is 6.96. The molecule has 2 aromatic heterocycles. The third-order valence-electron chi connectivity index (χ3n) is 2.91. The van der Waals surface area contributed by atoms with Crippen LogP contribution in [-0.4, -0.2) is 19.5 Å². The van der Waals surface area contributed by atoms with Gasteiger partial charge in [0.2, 0.25) is 0 Å². The molecule has 0 aliphatic heterocycles. The fourth-order valence-electron chi connectivity index (χ4n) is 1.70. The van der Waals surface area contributed by atoms with Crippen LogP contribution in [0.3, 0.4) is 0 Å². The van der Waals surface area contributed by atoms with Gasteiger partial charge in [0.15, 0.2) is 0 Å². The summed E-state index contributed by atoms with van der Waals surface area (Å²) in [6.45, 7) is 12.0. The smallest absolute Gasteiger partial charge is 0.0953 e. The summed E-state index contributed by atoms with van der Waals surface area (Å²) in [5.74, 6) is 0. The lowest BCUT2D eigenvalue weighted by Crippen LogP contribution is -1.88. The van der Waals surface area contributed by atoms with E-state index in [1.54, 1.807) is 12.5 Å². The molecule has 4 nitrogen and oxygen atoms in total. The van der Waals surface area contributed by atoms with Gasteiger partial charge in [-0.05, 0) is 13.8 Å². The maximum Gasteiger partial charge on any atom is 0.0953 e. The number of hydrogen-bond acceptors (Lipinski definition) is 2. The number of benzene rings is 1. The lowest BCUT2D eigenvalue weighted by Gasteiger charge is -1.99. The summed E-state index contributed by atoms with van der Waals surface area (Å²) in [6.07, 6.45) is 5.28. The van der Waals surface area contributed by atoms with Gasteiger partial charge in [0.05, 0.1) is 18.3 Å². The normalized spacial score (nSPS) is 8.65. The average Bonchev–Trinajstić information content (AvgIpc) is 3.23. The van der Waals surface area contributed by atoms with Gasteiger partial charge in [-0.25, -0.2) is 9.97 Å². The van der Waals surface area contributed by atoms with Gasteiger partial charge in [0.1, 0.15) is 0 Å². The molecule has 1 N–H and O–H groups in total. The van der Waals surface area contributed by atoms with E-state index >= 15 is 0 Å². The van der Waals surface area contributed by atoms with Gasteiger partial charge in [-0.3, -0.25) is 0 Å². The molecule has 0 saturated carbocycles. The van der Waals surface area contributed by atoms with E-state index in [0.717, 1.165) is 11.4 Å². The van der Waals surface area contributed by atoms with Crippen molar-refractivity contribution in [1.29, 1.82) is 0 Å². The number of nitrogens with zero attached hydrogens (tertiary/aromatic N) is 3. The quantitative estimate of drug-likeness (QED) is 0.674. The number of rotatable bonds is 1. The number of aromatic amines is 1. The van der Waals surface area contributed by atoms with E-state index in [1.807, 2.05) is 70.8 Å². The van der Waals surface area contributed by atoms with Crippen molar-refractivity contribution in [3.63, 3.8) is 0 Å². The van der Waals surface area contributed by atoms with Gasteiger partial charge in [-0.15, -0.1) is 0 Å². The van der Waals surface area contributed by atoms with Crippen LogP contribution in [0.1, 0.15) is 39.1 Å². The number of hydrogen-bond donors (Lipinski definition) is 1. The summed E-state index contributed by atoms with van der Waals surface area (Å²) in [5, 5.41) is 0. The number of aromatic nitrogens is 4. The van der Waals surface area contributed by atoms with Crippen molar-refractivity contribution in [2.75, 3.05) is 0 Å². The topological polar surface area (TPSA) is 46.5 Å². The van der Waals surface area contributed by atoms with Crippen LogP contribution in [0.25, 0.3) is 11.3 Å². The predicted octanol–water partition coefficient (Wildman–Crippen LogP) is 5.17. The Kier molecular flexibility index (Phi) is 11.0. The highest BCUT2D eigenvalue weighted by atomic mass is 15.0. The maximum absolute atomic E-state index is 4.35. The first kappa shape index (κ1) is 20.6. The van der Waals surface area contributed by atoms with Crippen molar-refractivity contribution in [1.82, 2.24) is 19.5 Å². The maximum atomic E-state index is 4.35. The van der Waals surface area contributed by atoms with Gasteiger partial charge in [0.25, 0.3) is 0 Å². The Hall–Kier alpha value is -2.36. The molecule has 4 heteroatoms. The molecule has 0 fully saturated rings. The van der Waals surface area contributed by atoms with Crippen molar-refractivity contribution < 1.29 is 0 Å². The molecule has 3 aromatic rings. The lowest BCUT2D eigenvalue weighted by atomic mass is 10.1. The van der Waals surface area contributed by atoms with Crippen LogP contribution in [0.2, 0.25) is 0 Å². The van der Waals surface area contributed by atoms with E-state index in [-0.39, 0.29) is 0 Å². The van der Waals surface area contributed by atoms with E-state index in [4.69, 9.17) is 0 Å². The second kappa shape index (κ2) is 12.2. The Bertz CT molecular complexity index is 610. The van der Waals surface area contributed by atoms with E-state index in [1.165, 1.54) is 11.3 Å². The van der Waals surface area contributed by atoms with Gasteiger partial charge in [-0.1, -0.05) is 58.0 Å². The molecule has 2 heterocycles. The van der Waals surface area contributed by atoms with E-state index in [0.29, 0.717) is 0 Å². The number of imidazole rings is 2. The first-order valence-electron chi connectivity index (χ1n) is 8.17. The molecular weight excluding hydrogens is 284 g/mol. The standard InChI is InChI=1S/C11H12N2.C4H6N2.2C2H6/c1-9-11(12-8-13(9)2)10-6-4-3-5-7-10;1-4-2-5-3-6-4;2*1-2/h3-8H,1-2H3;2-3H,1H3,(H,5,6);2*1-2H3. The molecular formula is C19H30N4. The van der Waals surface area contributed by atoms with Crippen molar-refractivity contribution >= 4 is 0 Å². The summed E-state index contributed by atoms with van der Waals surface area (Å²) in [4.78, 5) is 11.0. The zero-order chi connectivity index (χ0) is 17.7. The van der Waals surface area contributed by atoms with Crippen LogP contribution in [-0.2, 0) is 7.05 Å². The summed E-state index contributed by atoms with van der Waals surface area (Å²) < 4.78 is 2.03. The van der Waals surface area contributed by atoms with Crippen LogP contribution >= 0.6 is 0 Å². The molecule has 126 valence electrons. The van der Waals surface area contributed by atoms with Gasteiger partial charge < -0.3 is 9.55 Å². The van der Waals surface area contributed by atoms with Crippen LogP contribution in [0.5, 0.6) is 0 Å². The highest BCUT2D eigenvalue weighted by Gasteiger charge is 2.04. The minimum atomic E-state index is 1.07. The summed E-state index contributed by atoms with van der Waals surface area (Å²) in [7, 11) is 2.01. The van der Waals surface area contributed by atoms with Gasteiger partial charge in [-0.2, -0.15) is 0 Å². The molecule has 0 unspecified atom stereocenters. The fraction of sp³-hybridized carbons (Fsp3) is 0.368. The van der Waals surface area contributed by atoms with Crippen molar-refractivity contribution in [2.45, 2.75) is 41.5 Å². The van der Waals surface area contributed by atoms with Gasteiger partial charge in [0, 0.05) is 30.2 Å². The molecule has 0 radical (unpaired) electrons. The first-order valence-corrected chi connectivity index (χ1v) is 8.17. The molecule has 23 heavy (non-hydrogen) atoms. The minimum absolute atomic E-state index is 1.07. The lowest BCUT2D eigenvalue weighted by molar-refractivity contribution is 0.874. The molecule has 0 spiro atoms. The van der Waals surface area contributed by atoms with Crippen LogP contribution in [0, 0.1) is 13.8 Å². The van der Waals surface area contributed by atoms with E-state index in [9.17, 15) is 0 Å². The molecule has 0 aliphatic carbocycles. The minimum Gasteiger partial charge on any atom is -0.349 e. The molecule has 0 amide bonds. The first-order chi connectivity index (χ1) is 11.2. The fourth-order valence-corrected chi connectivity index (χ4v) is 1.70. The Morgan fingerprint density at radius 2 is 1.57 bits per heavy atom. The van der Waals surface area contributed by atoms with Gasteiger partial charge >= 0.3 is 0 Å². The molecule has 0 atom stereocenters. The predicted molar refractivity (Wildman–Crippen MR) is 99.4 cm³/mol. The number of H-pyrrole nitrogens is 1. The Balaban J connectivity index is 0.000000407. The molecule has 3 rings (SSSR count). The molecule has 0 bridgehead atoms. The SMILES string of the molecule is CC.CC.Cc1c(-c2ccccc2)ncn1C.Cc1cnc[nH]1. The van der Waals surface area contributed by atoms with E-state index < -0.39 is 0 Å². The number of nitrogens with one attached hydrogen (secondary N) is 1. The molecule has 0 aliphatic rings. The zero-order valence-corrected chi connectivity index (χ0v) is 15.5. The highest BCUT2D eigenvalue weighted by Crippen LogP contribution is 2.19. The van der Waals surface area contributed by atoms with Crippen LogP contribution in [0.15, 0.2) is 49.2 Å². The van der Waals surface area contributed by atoms with Crippen molar-refractivity contribution in [2.24, 2.45) is 7.05 Å². The Morgan fingerprint density at radius 3 is 1.91 bits per heavy atom. The Morgan fingerprint density at radius 1 is 0.957 bits per heavy atom. The summed E-state index contributed by atoms with van der Waals surface area (Å²) >= 11 is 0. The average molecular weight is 314 g/mol. The third-order valence-corrected chi connectivity index (χ3v) is 2.91. The second-order valence-corrected chi connectivity index (χ2v) is 4.39.